The third-order valence-corrected chi connectivity index (χ3v) is 5.38. The van der Waals surface area contributed by atoms with Crippen LogP contribution in [-0.2, 0) is 4.79 Å². The largest absolute Gasteiger partial charge is 0.497 e. The van der Waals surface area contributed by atoms with Gasteiger partial charge in [-0.3, -0.25) is 9.69 Å². The van der Waals surface area contributed by atoms with Gasteiger partial charge in [0.2, 0.25) is 5.91 Å². The number of ether oxygens (including phenoxy) is 3. The highest BCUT2D eigenvalue weighted by Gasteiger charge is 2.24. The van der Waals surface area contributed by atoms with Crippen molar-refractivity contribution >= 4 is 11.6 Å². The number of likely N-dealkylation sites (tertiary alicyclic amines) is 1. The van der Waals surface area contributed by atoms with Gasteiger partial charge in [0, 0.05) is 17.8 Å². The number of rotatable bonds is 7. The normalized spacial score (nSPS) is 17.3. The van der Waals surface area contributed by atoms with E-state index in [1.807, 2.05) is 18.2 Å². The maximum absolute atomic E-state index is 12.8. The molecule has 1 aliphatic heterocycles. The average Bonchev–Trinajstić information content (AvgIpc) is 2.99. The molecule has 1 fully saturated rings. The molecule has 1 amide bonds. The van der Waals surface area contributed by atoms with E-state index < -0.39 is 0 Å². The van der Waals surface area contributed by atoms with Crippen molar-refractivity contribution in [1.29, 1.82) is 0 Å². The number of anilines is 1. The quantitative estimate of drug-likeness (QED) is 0.755. The van der Waals surface area contributed by atoms with Crippen molar-refractivity contribution in [2.75, 3.05) is 39.7 Å². The first kappa shape index (κ1) is 21.0. The number of nitrogens with one attached hydrogen (secondary N) is 1. The summed E-state index contributed by atoms with van der Waals surface area (Å²) in [5.41, 5.74) is 1.93. The molecule has 1 N–H and O–H groups in total. The van der Waals surface area contributed by atoms with Gasteiger partial charge < -0.3 is 19.5 Å². The zero-order valence-electron chi connectivity index (χ0n) is 17.4. The van der Waals surface area contributed by atoms with Gasteiger partial charge in [0.25, 0.3) is 0 Å². The van der Waals surface area contributed by atoms with Crippen LogP contribution in [0.2, 0.25) is 0 Å². The zero-order valence-corrected chi connectivity index (χ0v) is 17.4. The molecule has 0 unspecified atom stereocenters. The lowest BCUT2D eigenvalue weighted by Gasteiger charge is -2.30. The van der Waals surface area contributed by atoms with Crippen molar-refractivity contribution in [2.24, 2.45) is 0 Å². The Kier molecular flexibility index (Phi) is 7.36. The van der Waals surface area contributed by atoms with Crippen LogP contribution in [0.25, 0.3) is 0 Å². The summed E-state index contributed by atoms with van der Waals surface area (Å²) in [6.07, 6.45) is 4.53. The highest BCUT2D eigenvalue weighted by atomic mass is 16.5. The summed E-state index contributed by atoms with van der Waals surface area (Å²) >= 11 is 0. The van der Waals surface area contributed by atoms with Gasteiger partial charge in [0.15, 0.2) is 11.5 Å². The molecule has 0 radical (unpaired) electrons. The van der Waals surface area contributed by atoms with Gasteiger partial charge in [-0.15, -0.1) is 0 Å². The van der Waals surface area contributed by atoms with Gasteiger partial charge in [-0.2, -0.15) is 0 Å². The molecule has 0 aliphatic carbocycles. The molecule has 1 aliphatic rings. The monoisotopic (exact) mass is 398 g/mol. The number of benzene rings is 2. The van der Waals surface area contributed by atoms with Crippen molar-refractivity contribution in [3.05, 3.63) is 48.0 Å². The fraction of sp³-hybridized carbons (Fsp3) is 0.435. The molecule has 0 saturated carbocycles. The molecule has 1 heterocycles. The van der Waals surface area contributed by atoms with Crippen molar-refractivity contribution in [1.82, 2.24) is 4.90 Å². The molecule has 1 saturated heterocycles. The van der Waals surface area contributed by atoms with Crippen LogP contribution in [0.5, 0.6) is 17.2 Å². The van der Waals surface area contributed by atoms with Crippen LogP contribution in [0, 0.1) is 0 Å². The summed E-state index contributed by atoms with van der Waals surface area (Å²) in [4.78, 5) is 15.1. The van der Waals surface area contributed by atoms with E-state index in [-0.39, 0.29) is 11.9 Å². The van der Waals surface area contributed by atoms with Crippen LogP contribution in [-0.4, -0.2) is 45.2 Å². The number of hydrogen-bond acceptors (Lipinski definition) is 5. The van der Waals surface area contributed by atoms with Crippen molar-refractivity contribution in [3.63, 3.8) is 0 Å². The molecule has 6 nitrogen and oxygen atoms in total. The minimum atomic E-state index is -0.0300. The first-order chi connectivity index (χ1) is 14.1. The number of nitrogens with zero attached hydrogens (tertiary/aromatic N) is 1. The molecule has 29 heavy (non-hydrogen) atoms. The van der Waals surface area contributed by atoms with Gasteiger partial charge in [-0.1, -0.05) is 25.0 Å². The van der Waals surface area contributed by atoms with Crippen LogP contribution in [0.1, 0.15) is 37.3 Å². The summed E-state index contributed by atoms with van der Waals surface area (Å²) in [5.74, 6) is 2.05. The Morgan fingerprint density at radius 1 is 0.966 bits per heavy atom. The second kappa shape index (κ2) is 10.2. The standard InChI is InChI=1S/C23H30N2O4/c1-27-19-11-8-17(9-12-19)20-7-5-4-6-14-25(20)16-23(26)24-18-10-13-21(28-2)22(15-18)29-3/h8-13,15,20H,4-7,14,16H2,1-3H3,(H,24,26)/t20-/m0/s1. The minimum Gasteiger partial charge on any atom is -0.497 e. The second-order valence-electron chi connectivity index (χ2n) is 7.23. The molecule has 2 aromatic rings. The molecule has 1 atom stereocenters. The number of amides is 1. The Balaban J connectivity index is 1.70. The van der Waals surface area contributed by atoms with E-state index in [2.05, 4.69) is 22.3 Å². The SMILES string of the molecule is COc1ccc([C@@H]2CCCCCN2CC(=O)Nc2ccc(OC)c(OC)c2)cc1. The van der Waals surface area contributed by atoms with E-state index in [9.17, 15) is 4.79 Å². The van der Waals surface area contributed by atoms with E-state index in [1.165, 1.54) is 18.4 Å². The van der Waals surface area contributed by atoms with Crippen LogP contribution >= 0.6 is 0 Å². The van der Waals surface area contributed by atoms with E-state index in [0.29, 0.717) is 23.7 Å². The number of hydrogen-bond donors (Lipinski definition) is 1. The highest BCUT2D eigenvalue weighted by molar-refractivity contribution is 5.92. The lowest BCUT2D eigenvalue weighted by Crippen LogP contribution is -2.36. The van der Waals surface area contributed by atoms with E-state index in [4.69, 9.17) is 14.2 Å². The zero-order chi connectivity index (χ0) is 20.6. The molecular formula is C23H30N2O4. The summed E-state index contributed by atoms with van der Waals surface area (Å²) in [7, 11) is 4.85. The first-order valence-electron chi connectivity index (χ1n) is 10.0. The van der Waals surface area contributed by atoms with Gasteiger partial charge in [-0.25, -0.2) is 0 Å². The minimum absolute atomic E-state index is 0.0300. The Labute approximate surface area is 172 Å². The van der Waals surface area contributed by atoms with Crippen LogP contribution < -0.4 is 19.5 Å². The Morgan fingerprint density at radius 2 is 1.72 bits per heavy atom. The van der Waals surface area contributed by atoms with Crippen LogP contribution in [0.3, 0.4) is 0 Å². The highest BCUT2D eigenvalue weighted by Crippen LogP contribution is 2.32. The Hall–Kier alpha value is -2.73. The van der Waals surface area contributed by atoms with E-state index >= 15 is 0 Å². The van der Waals surface area contributed by atoms with Crippen molar-refractivity contribution in [2.45, 2.75) is 31.7 Å². The predicted molar refractivity (Wildman–Crippen MR) is 114 cm³/mol. The number of methoxy groups -OCH3 is 3. The molecule has 2 aromatic carbocycles. The van der Waals surface area contributed by atoms with Gasteiger partial charge >= 0.3 is 0 Å². The topological polar surface area (TPSA) is 60.0 Å². The summed E-state index contributed by atoms with van der Waals surface area (Å²) in [6.45, 7) is 1.26. The molecule has 0 aromatic heterocycles. The number of carbonyl (C=O) groups excluding carboxylic acids is 1. The van der Waals surface area contributed by atoms with Gasteiger partial charge in [0.05, 0.1) is 27.9 Å². The van der Waals surface area contributed by atoms with E-state index in [0.717, 1.165) is 25.1 Å². The predicted octanol–water partition coefficient (Wildman–Crippen LogP) is 4.27. The van der Waals surface area contributed by atoms with Crippen LogP contribution in [0.15, 0.2) is 42.5 Å². The Morgan fingerprint density at radius 3 is 2.41 bits per heavy atom. The lowest BCUT2D eigenvalue weighted by molar-refractivity contribution is -0.117. The van der Waals surface area contributed by atoms with E-state index in [1.54, 1.807) is 33.5 Å². The molecule has 3 rings (SSSR count). The van der Waals surface area contributed by atoms with Crippen LogP contribution in [0.4, 0.5) is 5.69 Å². The lowest BCUT2D eigenvalue weighted by atomic mass is 10.0. The smallest absolute Gasteiger partial charge is 0.238 e. The maximum atomic E-state index is 12.8. The molecule has 0 bridgehead atoms. The van der Waals surface area contributed by atoms with Crippen molar-refractivity contribution < 1.29 is 19.0 Å². The Bertz CT molecular complexity index is 807. The third-order valence-electron chi connectivity index (χ3n) is 5.38. The maximum Gasteiger partial charge on any atom is 0.238 e. The van der Waals surface area contributed by atoms with Gasteiger partial charge in [-0.05, 0) is 49.2 Å². The summed E-state index contributed by atoms with van der Waals surface area (Å²) < 4.78 is 15.9. The summed E-state index contributed by atoms with van der Waals surface area (Å²) in [6, 6.07) is 13.8. The van der Waals surface area contributed by atoms with Crippen molar-refractivity contribution in [3.8, 4) is 17.2 Å². The fourth-order valence-electron chi connectivity index (χ4n) is 3.86. The average molecular weight is 399 g/mol. The summed E-state index contributed by atoms with van der Waals surface area (Å²) in [5, 5.41) is 2.99. The number of carbonyl (C=O) groups is 1. The molecule has 0 spiro atoms. The molecule has 6 heteroatoms. The second-order valence-corrected chi connectivity index (χ2v) is 7.23. The fourth-order valence-corrected chi connectivity index (χ4v) is 3.86. The first-order valence-corrected chi connectivity index (χ1v) is 10.0. The molecular weight excluding hydrogens is 368 g/mol. The molecule has 156 valence electrons. The van der Waals surface area contributed by atoms with Gasteiger partial charge in [0.1, 0.15) is 5.75 Å². The third kappa shape index (κ3) is 5.41.